The van der Waals surface area contributed by atoms with Gasteiger partial charge in [0.2, 0.25) is 21.8 Å². The third-order valence-electron chi connectivity index (χ3n) is 5.66. The van der Waals surface area contributed by atoms with Crippen molar-refractivity contribution in [3.8, 4) is 5.88 Å². The van der Waals surface area contributed by atoms with Crippen LogP contribution in [0.3, 0.4) is 0 Å². The topological polar surface area (TPSA) is 101 Å². The maximum Gasteiger partial charge on any atom is 0.243 e. The minimum atomic E-state index is -3.57. The van der Waals surface area contributed by atoms with E-state index in [0.29, 0.717) is 31.3 Å². The summed E-state index contributed by atoms with van der Waals surface area (Å²) in [5.41, 5.74) is 3.24. The number of piperidine rings is 1. The number of hydrogen-bond donors (Lipinski definition) is 1. The lowest BCUT2D eigenvalue weighted by Gasteiger charge is -2.31. The second-order valence-electron chi connectivity index (χ2n) is 7.59. The van der Waals surface area contributed by atoms with Gasteiger partial charge in [-0.1, -0.05) is 0 Å². The second-order valence-corrected chi connectivity index (χ2v) is 9.53. The van der Waals surface area contributed by atoms with Crippen LogP contribution in [0.2, 0.25) is 0 Å². The zero-order valence-electron chi connectivity index (χ0n) is 16.5. The van der Waals surface area contributed by atoms with Crippen molar-refractivity contribution in [3.05, 3.63) is 41.3 Å². The number of fused-ring (bicyclic) bond motifs is 1. The largest absolute Gasteiger partial charge is 0.477 e. The first-order valence-electron chi connectivity index (χ1n) is 9.68. The third-order valence-corrected chi connectivity index (χ3v) is 7.55. The highest BCUT2D eigenvalue weighted by atomic mass is 32.2. The fourth-order valence-corrected chi connectivity index (χ4v) is 5.21. The van der Waals surface area contributed by atoms with E-state index in [2.05, 4.69) is 15.3 Å². The van der Waals surface area contributed by atoms with Gasteiger partial charge in [-0.15, -0.1) is 0 Å². The number of ether oxygens (including phenoxy) is 1. The van der Waals surface area contributed by atoms with Gasteiger partial charge in [0.05, 0.1) is 17.9 Å². The number of hydrogen-bond acceptors (Lipinski definition) is 6. The Kier molecular flexibility index (Phi) is 5.26. The third kappa shape index (κ3) is 3.97. The molecule has 8 nitrogen and oxygen atoms in total. The van der Waals surface area contributed by atoms with E-state index in [0.717, 1.165) is 29.7 Å². The summed E-state index contributed by atoms with van der Waals surface area (Å²) in [6, 6.07) is 4.84. The summed E-state index contributed by atoms with van der Waals surface area (Å²) >= 11 is 0. The maximum absolute atomic E-state index is 13.0. The first kappa shape index (κ1) is 19.8. The highest BCUT2D eigenvalue weighted by Crippen LogP contribution is 2.29. The monoisotopic (exact) mass is 416 g/mol. The van der Waals surface area contributed by atoms with E-state index in [-0.39, 0.29) is 23.1 Å². The van der Waals surface area contributed by atoms with E-state index in [4.69, 9.17) is 4.74 Å². The molecule has 154 valence electrons. The molecular weight excluding hydrogens is 392 g/mol. The molecule has 0 atom stereocenters. The average molecular weight is 417 g/mol. The van der Waals surface area contributed by atoms with Gasteiger partial charge in [0, 0.05) is 30.0 Å². The van der Waals surface area contributed by atoms with Crippen LogP contribution in [0.15, 0.2) is 29.4 Å². The lowest BCUT2D eigenvalue weighted by molar-refractivity contribution is -0.115. The molecule has 1 aromatic carbocycles. The van der Waals surface area contributed by atoms with Crippen LogP contribution in [0.1, 0.15) is 29.7 Å². The SMILES string of the molecule is Cc1ncnc(OCC2CCN(S(=O)(=O)c3ccc4c(c3)CC(=O)N4)CC2)c1C. The van der Waals surface area contributed by atoms with Crippen LogP contribution in [0, 0.1) is 19.8 Å². The first-order chi connectivity index (χ1) is 13.8. The summed E-state index contributed by atoms with van der Waals surface area (Å²) in [6.07, 6.45) is 3.17. The number of nitrogens with one attached hydrogen (secondary N) is 1. The number of aryl methyl sites for hydroxylation is 1. The van der Waals surface area contributed by atoms with Crippen molar-refractivity contribution in [1.29, 1.82) is 0 Å². The normalized spacial score (nSPS) is 17.8. The van der Waals surface area contributed by atoms with Gasteiger partial charge >= 0.3 is 0 Å². The Bertz CT molecular complexity index is 1050. The molecule has 9 heteroatoms. The van der Waals surface area contributed by atoms with Crippen LogP contribution in [0.25, 0.3) is 0 Å². The zero-order valence-corrected chi connectivity index (χ0v) is 17.3. The number of aromatic nitrogens is 2. The van der Waals surface area contributed by atoms with Crippen LogP contribution < -0.4 is 10.1 Å². The van der Waals surface area contributed by atoms with Gasteiger partial charge in [0.15, 0.2) is 0 Å². The lowest BCUT2D eigenvalue weighted by atomic mass is 9.99. The molecule has 0 bridgehead atoms. The predicted octanol–water partition coefficient (Wildman–Crippen LogP) is 2.07. The van der Waals surface area contributed by atoms with Crippen molar-refractivity contribution in [2.24, 2.45) is 5.92 Å². The molecule has 2 aliphatic rings. The highest BCUT2D eigenvalue weighted by molar-refractivity contribution is 7.89. The van der Waals surface area contributed by atoms with Gasteiger partial charge in [0.25, 0.3) is 0 Å². The molecule has 2 aliphatic heterocycles. The Morgan fingerprint density at radius 2 is 1.97 bits per heavy atom. The van der Waals surface area contributed by atoms with Gasteiger partial charge in [0.1, 0.15) is 6.33 Å². The van der Waals surface area contributed by atoms with Crippen molar-refractivity contribution < 1.29 is 17.9 Å². The van der Waals surface area contributed by atoms with Crippen molar-refractivity contribution in [3.63, 3.8) is 0 Å². The van der Waals surface area contributed by atoms with Crippen molar-refractivity contribution in [1.82, 2.24) is 14.3 Å². The van der Waals surface area contributed by atoms with E-state index in [1.54, 1.807) is 18.2 Å². The molecule has 3 heterocycles. The lowest BCUT2D eigenvalue weighted by Crippen LogP contribution is -2.39. The number of carbonyl (C=O) groups is 1. The molecule has 1 fully saturated rings. The fourth-order valence-electron chi connectivity index (χ4n) is 3.69. The van der Waals surface area contributed by atoms with Gasteiger partial charge in [-0.2, -0.15) is 4.31 Å². The Morgan fingerprint density at radius 1 is 1.21 bits per heavy atom. The Balaban J connectivity index is 1.37. The Labute approximate surface area is 170 Å². The van der Waals surface area contributed by atoms with Crippen LogP contribution in [0.4, 0.5) is 5.69 Å². The molecule has 0 spiro atoms. The van der Waals surface area contributed by atoms with E-state index in [1.807, 2.05) is 13.8 Å². The number of anilines is 1. The number of nitrogens with zero attached hydrogens (tertiary/aromatic N) is 3. The number of benzene rings is 1. The fraction of sp³-hybridized carbons (Fsp3) is 0.450. The number of sulfonamides is 1. The smallest absolute Gasteiger partial charge is 0.243 e. The van der Waals surface area contributed by atoms with Crippen molar-refractivity contribution in [2.45, 2.75) is 38.0 Å². The Hall–Kier alpha value is -2.52. The molecule has 0 radical (unpaired) electrons. The summed E-state index contributed by atoms with van der Waals surface area (Å²) in [6.45, 7) is 5.26. The molecule has 0 saturated carbocycles. The molecule has 2 aromatic rings. The zero-order chi connectivity index (χ0) is 20.6. The average Bonchev–Trinajstić information content (AvgIpc) is 3.08. The summed E-state index contributed by atoms with van der Waals surface area (Å²) in [7, 11) is -3.57. The van der Waals surface area contributed by atoms with E-state index in [9.17, 15) is 13.2 Å². The molecule has 1 saturated heterocycles. The second kappa shape index (κ2) is 7.72. The minimum Gasteiger partial charge on any atom is -0.477 e. The van der Waals surface area contributed by atoms with Gasteiger partial charge in [-0.3, -0.25) is 4.79 Å². The van der Waals surface area contributed by atoms with Crippen LogP contribution in [-0.4, -0.2) is 48.3 Å². The van der Waals surface area contributed by atoms with Crippen LogP contribution >= 0.6 is 0 Å². The van der Waals surface area contributed by atoms with Crippen molar-refractivity contribution in [2.75, 3.05) is 25.0 Å². The summed E-state index contributed by atoms with van der Waals surface area (Å²) in [4.78, 5) is 20.1. The quantitative estimate of drug-likeness (QED) is 0.801. The maximum atomic E-state index is 13.0. The van der Waals surface area contributed by atoms with E-state index < -0.39 is 10.0 Å². The molecule has 0 unspecified atom stereocenters. The summed E-state index contributed by atoms with van der Waals surface area (Å²) in [5, 5.41) is 2.73. The number of amides is 1. The van der Waals surface area contributed by atoms with Gasteiger partial charge in [-0.05, 0) is 56.4 Å². The molecule has 1 aromatic heterocycles. The molecule has 1 N–H and O–H groups in total. The minimum absolute atomic E-state index is 0.107. The molecule has 4 rings (SSSR count). The number of rotatable bonds is 5. The van der Waals surface area contributed by atoms with E-state index >= 15 is 0 Å². The molecule has 1 amide bonds. The van der Waals surface area contributed by atoms with E-state index in [1.165, 1.54) is 10.6 Å². The van der Waals surface area contributed by atoms with Gasteiger partial charge in [-0.25, -0.2) is 18.4 Å². The molecule has 29 heavy (non-hydrogen) atoms. The number of carbonyl (C=O) groups excluding carboxylic acids is 1. The predicted molar refractivity (Wildman–Crippen MR) is 107 cm³/mol. The molecular formula is C20H24N4O4S. The molecule has 0 aliphatic carbocycles. The summed E-state index contributed by atoms with van der Waals surface area (Å²) in [5.74, 6) is 0.760. The van der Waals surface area contributed by atoms with Crippen LogP contribution in [-0.2, 0) is 21.2 Å². The highest BCUT2D eigenvalue weighted by Gasteiger charge is 2.31. The van der Waals surface area contributed by atoms with Crippen molar-refractivity contribution >= 4 is 21.6 Å². The standard InChI is InChI=1S/C20H24N4O4S/c1-13-14(2)21-12-22-20(13)28-11-15-5-7-24(8-6-15)29(26,27)17-3-4-18-16(9-17)10-19(25)23-18/h3-4,9,12,15H,5-8,10-11H2,1-2H3,(H,23,25). The first-order valence-corrected chi connectivity index (χ1v) is 11.1. The van der Waals surface area contributed by atoms with Crippen LogP contribution in [0.5, 0.6) is 5.88 Å². The Morgan fingerprint density at radius 3 is 2.72 bits per heavy atom. The summed E-state index contributed by atoms with van der Waals surface area (Å²) < 4.78 is 33.4. The van der Waals surface area contributed by atoms with Gasteiger partial charge < -0.3 is 10.1 Å².